The molecule has 4 N–H and O–H groups in total. The van der Waals surface area contributed by atoms with Gasteiger partial charge in [-0.15, -0.1) is 0 Å². The van der Waals surface area contributed by atoms with Crippen molar-refractivity contribution >= 4 is 36.0 Å². The summed E-state index contributed by atoms with van der Waals surface area (Å²) < 4.78 is 5.19. The molecule has 10 nitrogen and oxygen atoms in total. The number of unbranched alkanes of at least 4 members (excludes halogenated alkanes) is 2. The highest BCUT2D eigenvalue weighted by Gasteiger charge is 2.80. The van der Waals surface area contributed by atoms with Crippen molar-refractivity contribution in [1.29, 1.82) is 0 Å². The maximum atomic E-state index is 13.5. The van der Waals surface area contributed by atoms with Crippen LogP contribution in [0.1, 0.15) is 54.1 Å². The molecule has 1 saturated heterocycles. The van der Waals surface area contributed by atoms with Crippen molar-refractivity contribution in [3.05, 3.63) is 65.2 Å². The van der Waals surface area contributed by atoms with E-state index in [9.17, 15) is 24.0 Å². The number of hydrogen-bond donors (Lipinski definition) is 3. The number of amides is 2. The highest BCUT2D eigenvalue weighted by Crippen LogP contribution is 2.54. The largest absolute Gasteiger partial charge is 0.468 e. The Bertz CT molecular complexity index is 1300. The molecule has 2 aromatic carbocycles. The first-order chi connectivity index (χ1) is 19.2. The number of aryl methyl sites for hydroxylation is 1. The second-order valence-electron chi connectivity index (χ2n) is 10.6. The zero-order valence-corrected chi connectivity index (χ0v) is 22.9. The maximum Gasteiger partial charge on any atom is 0.329 e. The molecule has 40 heavy (non-hydrogen) atoms. The topological polar surface area (TPSA) is 158 Å². The number of fused-ring (bicyclic) bond motifs is 1. The lowest BCUT2D eigenvalue weighted by Gasteiger charge is -2.41. The zero-order valence-electron chi connectivity index (χ0n) is 22.9. The number of esters is 1. The molecule has 212 valence electrons. The van der Waals surface area contributed by atoms with Gasteiger partial charge in [-0.25, -0.2) is 4.79 Å². The van der Waals surface area contributed by atoms with Crippen LogP contribution >= 0.6 is 0 Å². The van der Waals surface area contributed by atoms with Crippen molar-refractivity contribution < 1.29 is 28.7 Å². The van der Waals surface area contributed by atoms with E-state index in [0.717, 1.165) is 31.2 Å². The van der Waals surface area contributed by atoms with Crippen LogP contribution in [0.5, 0.6) is 0 Å². The predicted molar refractivity (Wildman–Crippen MR) is 149 cm³/mol. The number of nitrogens with one attached hydrogen (secondary N) is 2. The minimum absolute atomic E-state index is 0.0792. The first-order valence-electron chi connectivity index (χ1n) is 13.5. The molecule has 0 bridgehead atoms. The van der Waals surface area contributed by atoms with Gasteiger partial charge in [-0.3, -0.25) is 14.9 Å². The molecule has 2 aliphatic heterocycles. The van der Waals surface area contributed by atoms with E-state index in [4.69, 9.17) is 10.5 Å². The summed E-state index contributed by atoms with van der Waals surface area (Å²) in [5, 5.41) is 5.72. The van der Waals surface area contributed by atoms with Gasteiger partial charge in [0.05, 0.1) is 24.9 Å². The van der Waals surface area contributed by atoms with Gasteiger partial charge in [-0.2, -0.15) is 0 Å². The van der Waals surface area contributed by atoms with Crippen LogP contribution < -0.4 is 21.3 Å². The van der Waals surface area contributed by atoms with Crippen LogP contribution in [0.15, 0.2) is 48.5 Å². The fraction of sp³-hybridized carbons (Fsp3) is 0.433. The summed E-state index contributed by atoms with van der Waals surface area (Å²) in [4.78, 5) is 65.7. The summed E-state index contributed by atoms with van der Waals surface area (Å²) in [6.07, 6.45) is 4.48. The molecule has 3 atom stereocenters. The molecular formula is C30H36N4O6. The Morgan fingerprint density at radius 1 is 1.12 bits per heavy atom. The fourth-order valence-corrected chi connectivity index (χ4v) is 6.06. The zero-order chi connectivity index (χ0) is 29.0. The quantitative estimate of drug-likeness (QED) is 0.147. The molecular weight excluding hydrogens is 512 g/mol. The van der Waals surface area contributed by atoms with Gasteiger partial charge in [0.2, 0.25) is 5.91 Å². The van der Waals surface area contributed by atoms with Crippen molar-refractivity contribution in [1.82, 2.24) is 10.6 Å². The Hall–Kier alpha value is -3.89. The molecule has 10 heteroatoms. The first-order valence-corrected chi connectivity index (χ1v) is 13.5. The number of anilines is 1. The van der Waals surface area contributed by atoms with Crippen LogP contribution in [-0.2, 0) is 35.8 Å². The van der Waals surface area contributed by atoms with Crippen LogP contribution in [0.3, 0.4) is 0 Å². The molecule has 4 rings (SSSR count). The van der Waals surface area contributed by atoms with Crippen LogP contribution in [0.25, 0.3) is 0 Å². The van der Waals surface area contributed by atoms with Crippen molar-refractivity contribution in [2.24, 2.45) is 5.73 Å². The summed E-state index contributed by atoms with van der Waals surface area (Å²) in [7, 11) is 1.22. The van der Waals surface area contributed by atoms with Crippen molar-refractivity contribution in [2.75, 3.05) is 31.6 Å². The van der Waals surface area contributed by atoms with E-state index in [0.29, 0.717) is 35.9 Å². The third kappa shape index (κ3) is 4.82. The molecule has 2 amide bonds. The molecule has 0 saturated carbocycles. The SMILES string of the molecule is COC(=O)[C@]1(C(C)(CN2C(=O)CNC(=O)c3cc(CCCCCN)ccc32)c2ccccc2)NC1(C=O)CC=O. The highest BCUT2D eigenvalue weighted by molar-refractivity contribution is 6.10. The van der Waals surface area contributed by atoms with Gasteiger partial charge in [0, 0.05) is 18.4 Å². The van der Waals surface area contributed by atoms with Crippen LogP contribution in [-0.4, -0.2) is 68.2 Å². The molecule has 0 spiro atoms. The fourth-order valence-electron chi connectivity index (χ4n) is 6.06. The van der Waals surface area contributed by atoms with Gasteiger partial charge in [0.25, 0.3) is 5.91 Å². The summed E-state index contributed by atoms with van der Waals surface area (Å²) in [6.45, 7) is 2.07. The Labute approximate surface area is 233 Å². The summed E-state index contributed by atoms with van der Waals surface area (Å²) in [6, 6.07) is 14.5. The maximum absolute atomic E-state index is 13.5. The minimum Gasteiger partial charge on any atom is -0.468 e. The molecule has 2 aliphatic rings. The molecule has 0 radical (unpaired) electrons. The second-order valence-corrected chi connectivity index (χ2v) is 10.6. The number of carbonyl (C=O) groups excluding carboxylic acids is 5. The monoisotopic (exact) mass is 548 g/mol. The number of ether oxygens (including phenoxy) is 1. The lowest BCUT2D eigenvalue weighted by atomic mass is 9.65. The van der Waals surface area contributed by atoms with Gasteiger partial charge < -0.3 is 30.3 Å². The number of benzene rings is 2. The van der Waals surface area contributed by atoms with E-state index in [1.54, 1.807) is 43.3 Å². The van der Waals surface area contributed by atoms with Gasteiger partial charge in [0.15, 0.2) is 5.54 Å². The van der Waals surface area contributed by atoms with Crippen LogP contribution in [0.4, 0.5) is 5.69 Å². The van der Waals surface area contributed by atoms with E-state index in [2.05, 4.69) is 10.6 Å². The summed E-state index contributed by atoms with van der Waals surface area (Å²) in [5.41, 5.74) is 3.54. The molecule has 0 aliphatic carbocycles. The number of methoxy groups -OCH3 is 1. The standard InChI is InChI=1S/C30H36N4O6/c1-28(22-10-6-3-7-11-22,30(27(39)40-2)29(20-36,33-30)14-16-35)19-34-24-13-12-21(9-5-4-8-15-31)17-23(24)26(38)32-18-25(34)37/h3,6-7,10-13,16-17,20,33H,4-5,8-9,14-15,18-19,31H2,1-2H3,(H,32,38)/t28?,29?,30-/m1/s1. The Morgan fingerprint density at radius 2 is 1.88 bits per heavy atom. The van der Waals surface area contributed by atoms with Gasteiger partial charge in [0.1, 0.15) is 18.1 Å². The Balaban J connectivity index is 1.83. The number of nitrogens with two attached hydrogens (primary N) is 1. The van der Waals surface area contributed by atoms with E-state index in [-0.39, 0.29) is 31.3 Å². The van der Waals surface area contributed by atoms with Gasteiger partial charge in [-0.1, -0.05) is 49.7 Å². The van der Waals surface area contributed by atoms with Crippen molar-refractivity contribution in [3.8, 4) is 0 Å². The van der Waals surface area contributed by atoms with Crippen LogP contribution in [0.2, 0.25) is 0 Å². The minimum atomic E-state index is -1.65. The third-order valence-corrected chi connectivity index (χ3v) is 8.30. The summed E-state index contributed by atoms with van der Waals surface area (Å²) in [5.74, 6) is -1.47. The third-order valence-electron chi connectivity index (χ3n) is 8.30. The highest BCUT2D eigenvalue weighted by atomic mass is 16.5. The number of rotatable bonds is 13. The van der Waals surface area contributed by atoms with Gasteiger partial charge >= 0.3 is 5.97 Å². The van der Waals surface area contributed by atoms with Gasteiger partial charge in [-0.05, 0) is 49.1 Å². The molecule has 0 aromatic heterocycles. The van der Waals surface area contributed by atoms with E-state index < -0.39 is 22.5 Å². The second kappa shape index (κ2) is 11.7. The summed E-state index contributed by atoms with van der Waals surface area (Å²) >= 11 is 0. The number of carbonyl (C=O) groups is 5. The average molecular weight is 549 g/mol. The predicted octanol–water partition coefficient (Wildman–Crippen LogP) is 1.43. The number of aldehydes is 2. The molecule has 2 unspecified atom stereocenters. The number of nitrogens with zero attached hydrogens (tertiary/aromatic N) is 1. The molecule has 2 heterocycles. The Kier molecular flexibility index (Phi) is 8.51. The smallest absolute Gasteiger partial charge is 0.329 e. The lowest BCUT2D eigenvalue weighted by molar-refractivity contribution is -0.147. The number of hydrogen-bond acceptors (Lipinski definition) is 8. The first kappa shape index (κ1) is 29.1. The molecule has 1 fully saturated rings. The van der Waals surface area contributed by atoms with Crippen LogP contribution in [0, 0.1) is 0 Å². The normalized spacial score (nSPS) is 23.3. The Morgan fingerprint density at radius 3 is 2.52 bits per heavy atom. The lowest BCUT2D eigenvalue weighted by Crippen LogP contribution is -2.59. The average Bonchev–Trinajstić information content (AvgIpc) is 3.68. The van der Waals surface area contributed by atoms with E-state index in [1.807, 2.05) is 12.1 Å². The van der Waals surface area contributed by atoms with E-state index >= 15 is 0 Å². The molecule has 2 aromatic rings. The van der Waals surface area contributed by atoms with Crippen molar-refractivity contribution in [3.63, 3.8) is 0 Å². The van der Waals surface area contributed by atoms with Crippen molar-refractivity contribution in [2.45, 2.75) is 55.5 Å². The van der Waals surface area contributed by atoms with E-state index in [1.165, 1.54) is 12.0 Å².